The van der Waals surface area contributed by atoms with Crippen LogP contribution in [0.3, 0.4) is 0 Å². The molecule has 1 aromatic rings. The lowest BCUT2D eigenvalue weighted by Crippen LogP contribution is -2.46. The van der Waals surface area contributed by atoms with Gasteiger partial charge in [-0.1, -0.05) is 18.2 Å². The quantitative estimate of drug-likeness (QED) is 0.513. The van der Waals surface area contributed by atoms with Crippen LogP contribution >= 0.6 is 0 Å². The molecule has 3 unspecified atom stereocenters. The zero-order chi connectivity index (χ0) is 15.5. The summed E-state index contributed by atoms with van der Waals surface area (Å²) in [5.74, 6) is 0. The molecular formula is C12H16O7S. The summed E-state index contributed by atoms with van der Waals surface area (Å²) < 4.78 is 24.1. The van der Waals surface area contributed by atoms with Gasteiger partial charge in [-0.3, -0.25) is 4.79 Å². The molecule has 0 aliphatic heterocycles. The summed E-state index contributed by atoms with van der Waals surface area (Å²) >= 11 is 0. The van der Waals surface area contributed by atoms with Crippen molar-refractivity contribution in [1.29, 1.82) is 0 Å². The highest BCUT2D eigenvalue weighted by atomic mass is 32.2. The van der Waals surface area contributed by atoms with Crippen LogP contribution in [0, 0.1) is 6.92 Å². The van der Waals surface area contributed by atoms with E-state index in [1.54, 1.807) is 6.07 Å². The van der Waals surface area contributed by atoms with E-state index in [9.17, 15) is 23.4 Å². The molecule has 20 heavy (non-hydrogen) atoms. The van der Waals surface area contributed by atoms with Crippen LogP contribution in [-0.2, 0) is 14.6 Å². The molecule has 7 nitrogen and oxygen atoms in total. The van der Waals surface area contributed by atoms with Gasteiger partial charge in [-0.2, -0.15) is 0 Å². The van der Waals surface area contributed by atoms with Gasteiger partial charge in [0.25, 0.3) is 5.12 Å². The average molecular weight is 304 g/mol. The molecule has 112 valence electrons. The lowest BCUT2D eigenvalue weighted by atomic mass is 10.1. The first-order chi connectivity index (χ1) is 9.23. The fourth-order valence-corrected chi connectivity index (χ4v) is 3.01. The van der Waals surface area contributed by atoms with E-state index in [2.05, 4.69) is 0 Å². The second-order valence-electron chi connectivity index (χ2n) is 4.27. The highest BCUT2D eigenvalue weighted by Crippen LogP contribution is 2.19. The van der Waals surface area contributed by atoms with Crippen molar-refractivity contribution in [3.05, 3.63) is 29.8 Å². The molecule has 0 fully saturated rings. The van der Waals surface area contributed by atoms with Crippen molar-refractivity contribution < 1.29 is 33.6 Å². The van der Waals surface area contributed by atoms with Crippen LogP contribution in [-0.4, -0.2) is 58.9 Å². The van der Waals surface area contributed by atoms with Gasteiger partial charge in [0.05, 0.1) is 11.5 Å². The van der Waals surface area contributed by atoms with Crippen molar-refractivity contribution in [2.75, 3.05) is 6.61 Å². The number of carbonyl (C=O) groups excluding carboxylic acids is 1. The zero-order valence-electron chi connectivity index (χ0n) is 10.7. The highest BCUT2D eigenvalue weighted by molar-refractivity contribution is 8.06. The number of aliphatic hydroxyl groups excluding tert-OH is 4. The number of sulfone groups is 1. The summed E-state index contributed by atoms with van der Waals surface area (Å²) in [6.07, 6.45) is -6.26. The van der Waals surface area contributed by atoms with Crippen LogP contribution in [0.1, 0.15) is 5.56 Å². The Labute approximate surface area is 116 Å². The molecule has 0 heterocycles. The number of carbonyl (C=O) groups is 1. The topological polar surface area (TPSA) is 132 Å². The van der Waals surface area contributed by atoms with Crippen LogP contribution in [0.4, 0.5) is 0 Å². The van der Waals surface area contributed by atoms with Crippen molar-refractivity contribution in [3.63, 3.8) is 0 Å². The SMILES string of the molecule is Cc1ccccc1S(=O)(=O)C(=O)C(O)C(O)C(O)CO. The molecule has 0 saturated heterocycles. The maximum Gasteiger partial charge on any atom is 0.282 e. The number of benzene rings is 1. The van der Waals surface area contributed by atoms with Crippen LogP contribution in [0.25, 0.3) is 0 Å². The maximum atomic E-state index is 12.0. The molecule has 0 aliphatic carbocycles. The Hall–Kier alpha value is -1.32. The summed E-state index contributed by atoms with van der Waals surface area (Å²) in [6.45, 7) is 0.557. The van der Waals surface area contributed by atoms with Gasteiger partial charge in [-0.25, -0.2) is 8.42 Å². The summed E-state index contributed by atoms with van der Waals surface area (Å²) in [6, 6.07) is 5.67. The van der Waals surface area contributed by atoms with Gasteiger partial charge in [0.1, 0.15) is 12.2 Å². The number of hydrogen-bond acceptors (Lipinski definition) is 7. The fraction of sp³-hybridized carbons (Fsp3) is 0.417. The van der Waals surface area contributed by atoms with Gasteiger partial charge < -0.3 is 20.4 Å². The number of hydrogen-bond donors (Lipinski definition) is 4. The molecule has 0 bridgehead atoms. The number of aryl methyl sites for hydroxylation is 1. The molecule has 1 aromatic carbocycles. The van der Waals surface area contributed by atoms with E-state index in [1.165, 1.54) is 25.1 Å². The Kier molecular flexibility index (Phi) is 5.37. The minimum atomic E-state index is -4.50. The standard InChI is InChI=1S/C12H16O7S/c1-7-4-2-3-5-9(7)20(18,19)12(17)11(16)10(15)8(14)6-13/h2-5,8,10-11,13-16H,6H2,1H3. The van der Waals surface area contributed by atoms with E-state index >= 15 is 0 Å². The van der Waals surface area contributed by atoms with Gasteiger partial charge in [0, 0.05) is 0 Å². The molecule has 0 aromatic heterocycles. The minimum absolute atomic E-state index is 0.283. The van der Waals surface area contributed by atoms with Crippen LogP contribution in [0.2, 0.25) is 0 Å². The van der Waals surface area contributed by atoms with Gasteiger partial charge in [0.15, 0.2) is 6.10 Å². The summed E-state index contributed by atoms with van der Waals surface area (Å²) in [7, 11) is -4.50. The molecule has 0 aliphatic rings. The Morgan fingerprint density at radius 1 is 1.20 bits per heavy atom. The summed E-state index contributed by atoms with van der Waals surface area (Å²) in [5, 5.41) is 35.0. The van der Waals surface area contributed by atoms with Crippen molar-refractivity contribution in [1.82, 2.24) is 0 Å². The predicted octanol–water partition coefficient (Wildman–Crippen LogP) is -1.63. The summed E-state index contributed by atoms with van der Waals surface area (Å²) in [4.78, 5) is 11.5. The number of rotatable bonds is 5. The molecule has 8 heteroatoms. The van der Waals surface area contributed by atoms with Crippen LogP contribution in [0.5, 0.6) is 0 Å². The predicted molar refractivity (Wildman–Crippen MR) is 68.5 cm³/mol. The third-order valence-electron chi connectivity index (χ3n) is 2.79. The number of aliphatic hydroxyl groups is 4. The second-order valence-corrected chi connectivity index (χ2v) is 6.12. The molecule has 3 atom stereocenters. The first-order valence-corrected chi connectivity index (χ1v) is 7.21. The van der Waals surface area contributed by atoms with E-state index in [4.69, 9.17) is 10.2 Å². The van der Waals surface area contributed by atoms with E-state index < -0.39 is 39.9 Å². The van der Waals surface area contributed by atoms with Gasteiger partial charge in [-0.15, -0.1) is 0 Å². The smallest absolute Gasteiger partial charge is 0.282 e. The maximum absolute atomic E-state index is 12.0. The molecule has 0 saturated carbocycles. The first kappa shape index (κ1) is 16.7. The average Bonchev–Trinajstić information content (AvgIpc) is 2.44. The van der Waals surface area contributed by atoms with Crippen molar-refractivity contribution in [2.45, 2.75) is 30.1 Å². The first-order valence-electron chi connectivity index (χ1n) is 5.73. The minimum Gasteiger partial charge on any atom is -0.394 e. The Balaban J connectivity index is 3.11. The molecule has 1 rings (SSSR count). The molecule has 0 spiro atoms. The van der Waals surface area contributed by atoms with Crippen molar-refractivity contribution in [2.24, 2.45) is 0 Å². The largest absolute Gasteiger partial charge is 0.394 e. The van der Waals surface area contributed by atoms with Crippen molar-refractivity contribution >= 4 is 15.0 Å². The van der Waals surface area contributed by atoms with E-state index in [1.807, 2.05) is 0 Å². The lowest BCUT2D eigenvalue weighted by molar-refractivity contribution is -0.132. The molecule has 4 N–H and O–H groups in total. The molecular weight excluding hydrogens is 288 g/mol. The Morgan fingerprint density at radius 2 is 1.75 bits per heavy atom. The summed E-state index contributed by atoms with van der Waals surface area (Å²) in [5.41, 5.74) is 0.310. The zero-order valence-corrected chi connectivity index (χ0v) is 11.5. The van der Waals surface area contributed by atoms with Gasteiger partial charge >= 0.3 is 0 Å². The normalized spacial score (nSPS) is 16.4. The second kappa shape index (κ2) is 6.42. The van der Waals surface area contributed by atoms with E-state index in [-0.39, 0.29) is 4.90 Å². The Morgan fingerprint density at radius 3 is 2.25 bits per heavy atom. The molecule has 0 amide bonds. The van der Waals surface area contributed by atoms with Crippen molar-refractivity contribution in [3.8, 4) is 0 Å². The third kappa shape index (κ3) is 3.22. The van der Waals surface area contributed by atoms with Crippen LogP contribution in [0.15, 0.2) is 29.2 Å². The van der Waals surface area contributed by atoms with E-state index in [0.717, 1.165) is 0 Å². The van der Waals surface area contributed by atoms with Gasteiger partial charge in [0.2, 0.25) is 9.84 Å². The van der Waals surface area contributed by atoms with Crippen LogP contribution < -0.4 is 0 Å². The highest BCUT2D eigenvalue weighted by Gasteiger charge is 2.38. The monoisotopic (exact) mass is 304 g/mol. The van der Waals surface area contributed by atoms with Gasteiger partial charge in [-0.05, 0) is 18.6 Å². The molecule has 0 radical (unpaired) electrons. The fourth-order valence-electron chi connectivity index (χ4n) is 1.58. The van der Waals surface area contributed by atoms with E-state index in [0.29, 0.717) is 5.56 Å². The lowest BCUT2D eigenvalue weighted by Gasteiger charge is -2.20. The Bertz CT molecular complexity index is 581. The third-order valence-corrected chi connectivity index (χ3v) is 4.60.